The number of nitrogens with one attached hydrogen (secondary N) is 1. The van der Waals surface area contributed by atoms with E-state index in [0.717, 1.165) is 6.42 Å². The Labute approximate surface area is 106 Å². The number of benzene rings is 1. The Balaban J connectivity index is 2.02. The number of carboxylic acids is 1. The molecule has 0 heterocycles. The van der Waals surface area contributed by atoms with Crippen LogP contribution >= 0.6 is 0 Å². The molecule has 2 atom stereocenters. The van der Waals surface area contributed by atoms with Crippen LogP contribution in [-0.4, -0.2) is 25.5 Å². The van der Waals surface area contributed by atoms with E-state index in [1.54, 1.807) is 0 Å². The van der Waals surface area contributed by atoms with E-state index in [1.807, 2.05) is 6.92 Å². The molecule has 1 aromatic carbocycles. The molecule has 2 unspecified atom stereocenters. The SMILES string of the molecule is CC1CC1NS(=O)(=O)Cc1ccc(C(=O)O)cc1. The van der Waals surface area contributed by atoms with E-state index in [2.05, 4.69) is 4.72 Å². The van der Waals surface area contributed by atoms with Gasteiger partial charge in [0, 0.05) is 6.04 Å². The predicted octanol–water partition coefficient (Wildman–Crippen LogP) is 1.21. The molecule has 0 aromatic heterocycles. The van der Waals surface area contributed by atoms with Gasteiger partial charge in [-0.05, 0) is 30.0 Å². The second-order valence-electron chi connectivity index (χ2n) is 4.70. The molecule has 1 fully saturated rings. The number of carboxylic acid groups (broad SMARTS) is 1. The van der Waals surface area contributed by atoms with Crippen LogP contribution in [0.15, 0.2) is 24.3 Å². The van der Waals surface area contributed by atoms with Crippen LogP contribution in [0.4, 0.5) is 0 Å². The summed E-state index contributed by atoms with van der Waals surface area (Å²) in [7, 11) is -3.33. The van der Waals surface area contributed by atoms with Gasteiger partial charge in [-0.1, -0.05) is 19.1 Å². The van der Waals surface area contributed by atoms with Crippen LogP contribution < -0.4 is 4.72 Å². The fourth-order valence-corrected chi connectivity index (χ4v) is 3.23. The third-order valence-electron chi connectivity index (χ3n) is 3.00. The van der Waals surface area contributed by atoms with Gasteiger partial charge in [-0.15, -0.1) is 0 Å². The number of sulfonamides is 1. The summed E-state index contributed by atoms with van der Waals surface area (Å²) in [6, 6.07) is 5.94. The standard InChI is InChI=1S/C12H15NO4S/c1-8-6-11(8)13-18(16,17)7-9-2-4-10(5-3-9)12(14)15/h2-5,8,11,13H,6-7H2,1H3,(H,14,15). The Morgan fingerprint density at radius 1 is 1.39 bits per heavy atom. The minimum absolute atomic E-state index is 0.0632. The molecule has 0 spiro atoms. The summed E-state index contributed by atoms with van der Waals surface area (Å²) in [6.45, 7) is 1.99. The zero-order chi connectivity index (χ0) is 13.3. The third-order valence-corrected chi connectivity index (χ3v) is 4.37. The second-order valence-corrected chi connectivity index (χ2v) is 6.45. The van der Waals surface area contributed by atoms with Crippen molar-refractivity contribution in [2.24, 2.45) is 5.92 Å². The van der Waals surface area contributed by atoms with E-state index >= 15 is 0 Å². The summed E-state index contributed by atoms with van der Waals surface area (Å²) < 4.78 is 26.2. The topological polar surface area (TPSA) is 83.5 Å². The number of hydrogen-bond acceptors (Lipinski definition) is 3. The number of rotatable bonds is 5. The van der Waals surface area contributed by atoms with E-state index in [1.165, 1.54) is 24.3 Å². The van der Waals surface area contributed by atoms with Crippen molar-refractivity contribution >= 4 is 16.0 Å². The van der Waals surface area contributed by atoms with Crippen molar-refractivity contribution in [3.63, 3.8) is 0 Å². The van der Waals surface area contributed by atoms with Crippen LogP contribution in [0.25, 0.3) is 0 Å². The largest absolute Gasteiger partial charge is 0.478 e. The quantitative estimate of drug-likeness (QED) is 0.841. The average Bonchev–Trinajstić information content (AvgIpc) is 2.93. The first kappa shape index (κ1) is 13.0. The molecule has 0 radical (unpaired) electrons. The maximum atomic E-state index is 11.8. The first-order valence-electron chi connectivity index (χ1n) is 5.69. The van der Waals surface area contributed by atoms with Crippen molar-refractivity contribution in [3.8, 4) is 0 Å². The molecule has 2 N–H and O–H groups in total. The molecule has 5 nitrogen and oxygen atoms in total. The summed E-state index contributed by atoms with van der Waals surface area (Å²) in [5.41, 5.74) is 0.737. The highest BCUT2D eigenvalue weighted by molar-refractivity contribution is 7.88. The van der Waals surface area contributed by atoms with Crippen LogP contribution in [0.3, 0.4) is 0 Å². The zero-order valence-corrected chi connectivity index (χ0v) is 10.8. The molecule has 6 heteroatoms. The zero-order valence-electron chi connectivity index (χ0n) is 9.96. The van der Waals surface area contributed by atoms with Gasteiger partial charge >= 0.3 is 5.97 Å². The molecule has 0 amide bonds. The molecule has 1 aliphatic rings. The van der Waals surface area contributed by atoms with E-state index in [-0.39, 0.29) is 17.4 Å². The van der Waals surface area contributed by atoms with Crippen LogP contribution in [0.1, 0.15) is 29.3 Å². The maximum absolute atomic E-state index is 11.8. The monoisotopic (exact) mass is 269 g/mol. The Kier molecular flexibility index (Phi) is 3.41. The fraction of sp³-hybridized carbons (Fsp3) is 0.417. The smallest absolute Gasteiger partial charge is 0.335 e. The van der Waals surface area contributed by atoms with Crippen molar-refractivity contribution < 1.29 is 18.3 Å². The van der Waals surface area contributed by atoms with Crippen molar-refractivity contribution in [3.05, 3.63) is 35.4 Å². The molecule has 18 heavy (non-hydrogen) atoms. The molecule has 0 aliphatic heterocycles. The van der Waals surface area contributed by atoms with Gasteiger partial charge in [-0.2, -0.15) is 0 Å². The highest BCUT2D eigenvalue weighted by atomic mass is 32.2. The lowest BCUT2D eigenvalue weighted by Gasteiger charge is -2.06. The molecule has 0 bridgehead atoms. The summed E-state index contributed by atoms with van der Waals surface area (Å²) in [5, 5.41) is 8.73. The fourth-order valence-electron chi connectivity index (χ4n) is 1.72. The highest BCUT2D eigenvalue weighted by Crippen LogP contribution is 2.30. The van der Waals surface area contributed by atoms with Gasteiger partial charge in [0.15, 0.2) is 0 Å². The average molecular weight is 269 g/mol. The lowest BCUT2D eigenvalue weighted by Crippen LogP contribution is -2.28. The van der Waals surface area contributed by atoms with E-state index < -0.39 is 16.0 Å². The molecule has 1 aromatic rings. The van der Waals surface area contributed by atoms with Gasteiger partial charge in [0.2, 0.25) is 10.0 Å². The third kappa shape index (κ3) is 3.30. The highest BCUT2D eigenvalue weighted by Gasteiger charge is 2.35. The Hall–Kier alpha value is -1.40. The van der Waals surface area contributed by atoms with E-state index in [4.69, 9.17) is 5.11 Å². The molecule has 1 saturated carbocycles. The number of aromatic carboxylic acids is 1. The normalized spacial score (nSPS) is 22.7. The summed E-state index contributed by atoms with van der Waals surface area (Å²) >= 11 is 0. The Morgan fingerprint density at radius 2 is 1.94 bits per heavy atom. The van der Waals surface area contributed by atoms with Crippen LogP contribution in [0.5, 0.6) is 0 Å². The van der Waals surface area contributed by atoms with Gasteiger partial charge in [0.05, 0.1) is 11.3 Å². The van der Waals surface area contributed by atoms with Crippen LogP contribution in [0.2, 0.25) is 0 Å². The molecular formula is C12H15NO4S. The van der Waals surface area contributed by atoms with Gasteiger partial charge in [-0.3, -0.25) is 0 Å². The Bertz CT molecular complexity index is 550. The minimum atomic E-state index is -3.33. The molecule has 2 rings (SSSR count). The number of carbonyl (C=O) groups is 1. The lowest BCUT2D eigenvalue weighted by molar-refractivity contribution is 0.0697. The number of hydrogen-bond donors (Lipinski definition) is 2. The van der Waals surface area contributed by atoms with Crippen molar-refractivity contribution in [1.29, 1.82) is 0 Å². The summed E-state index contributed by atoms with van der Waals surface area (Å²) in [4.78, 5) is 10.7. The van der Waals surface area contributed by atoms with E-state index in [0.29, 0.717) is 11.5 Å². The van der Waals surface area contributed by atoms with Gasteiger partial charge < -0.3 is 5.11 Å². The minimum Gasteiger partial charge on any atom is -0.478 e. The van der Waals surface area contributed by atoms with Gasteiger partial charge in [0.1, 0.15) is 0 Å². The first-order chi connectivity index (χ1) is 8.37. The van der Waals surface area contributed by atoms with Crippen molar-refractivity contribution in [2.45, 2.75) is 25.1 Å². The molecule has 0 saturated heterocycles. The summed E-state index contributed by atoms with van der Waals surface area (Å²) in [5.74, 6) is -0.723. The van der Waals surface area contributed by atoms with Crippen molar-refractivity contribution in [2.75, 3.05) is 0 Å². The molecular weight excluding hydrogens is 254 g/mol. The first-order valence-corrected chi connectivity index (χ1v) is 7.35. The molecule has 98 valence electrons. The van der Waals surface area contributed by atoms with Gasteiger partial charge in [0.25, 0.3) is 0 Å². The predicted molar refractivity (Wildman–Crippen MR) is 66.7 cm³/mol. The Morgan fingerprint density at radius 3 is 2.39 bits per heavy atom. The second kappa shape index (κ2) is 4.70. The van der Waals surface area contributed by atoms with E-state index in [9.17, 15) is 13.2 Å². The summed E-state index contributed by atoms with van der Waals surface area (Å²) in [6.07, 6.45) is 0.886. The van der Waals surface area contributed by atoms with Crippen molar-refractivity contribution in [1.82, 2.24) is 4.72 Å². The van der Waals surface area contributed by atoms with Crippen LogP contribution in [-0.2, 0) is 15.8 Å². The molecule has 1 aliphatic carbocycles. The maximum Gasteiger partial charge on any atom is 0.335 e. The van der Waals surface area contributed by atoms with Crippen LogP contribution in [0, 0.1) is 5.92 Å². The van der Waals surface area contributed by atoms with Gasteiger partial charge in [-0.25, -0.2) is 17.9 Å². The lowest BCUT2D eigenvalue weighted by atomic mass is 10.1.